The fraction of sp³-hybridized carbons (Fsp3) is 1.00. The van der Waals surface area contributed by atoms with Gasteiger partial charge in [0.2, 0.25) is 0 Å². The van der Waals surface area contributed by atoms with E-state index in [0.29, 0.717) is 6.04 Å². The van der Waals surface area contributed by atoms with E-state index in [1.807, 2.05) is 0 Å². The molecule has 0 aromatic carbocycles. The van der Waals surface area contributed by atoms with Crippen molar-refractivity contribution in [2.24, 2.45) is 0 Å². The second-order valence-electron chi connectivity index (χ2n) is 6.62. The first-order valence-corrected chi connectivity index (χ1v) is 7.40. The van der Waals surface area contributed by atoms with Crippen LogP contribution in [0.1, 0.15) is 47.5 Å². The van der Waals surface area contributed by atoms with Gasteiger partial charge in [-0.1, -0.05) is 6.92 Å². The number of hydrogen-bond acceptors (Lipinski definition) is 3. The van der Waals surface area contributed by atoms with Crippen molar-refractivity contribution >= 4 is 0 Å². The summed E-state index contributed by atoms with van der Waals surface area (Å²) in [4.78, 5) is 4.85. The largest absolute Gasteiger partial charge is 0.312 e. The van der Waals surface area contributed by atoms with Crippen molar-refractivity contribution < 1.29 is 0 Å². The van der Waals surface area contributed by atoms with Crippen LogP contribution in [0, 0.1) is 0 Å². The molecule has 0 saturated carbocycles. The van der Waals surface area contributed by atoms with Gasteiger partial charge in [0.15, 0.2) is 0 Å². The van der Waals surface area contributed by atoms with Gasteiger partial charge < -0.3 is 10.2 Å². The maximum atomic E-state index is 3.55. The van der Waals surface area contributed by atoms with E-state index in [2.05, 4.69) is 63.8 Å². The highest BCUT2D eigenvalue weighted by Gasteiger charge is 2.12. The number of hydrogen-bond donors (Lipinski definition) is 1. The highest BCUT2D eigenvalue weighted by atomic mass is 15.2. The maximum Gasteiger partial charge on any atom is 0.0194 e. The van der Waals surface area contributed by atoms with Crippen molar-refractivity contribution in [1.29, 1.82) is 0 Å². The maximum absolute atomic E-state index is 3.55. The second kappa shape index (κ2) is 8.89. The van der Waals surface area contributed by atoms with Crippen LogP contribution in [0.25, 0.3) is 0 Å². The zero-order valence-electron chi connectivity index (χ0n) is 13.7. The van der Waals surface area contributed by atoms with Gasteiger partial charge in [0.25, 0.3) is 0 Å². The van der Waals surface area contributed by atoms with E-state index in [1.54, 1.807) is 0 Å². The molecule has 3 heteroatoms. The number of nitrogens with one attached hydrogen (secondary N) is 1. The van der Waals surface area contributed by atoms with E-state index in [-0.39, 0.29) is 5.54 Å². The minimum absolute atomic E-state index is 0.253. The van der Waals surface area contributed by atoms with Crippen LogP contribution in [0.3, 0.4) is 0 Å². The van der Waals surface area contributed by atoms with Gasteiger partial charge in [-0.05, 0) is 74.3 Å². The molecule has 0 aliphatic carbocycles. The van der Waals surface area contributed by atoms with Gasteiger partial charge >= 0.3 is 0 Å². The summed E-state index contributed by atoms with van der Waals surface area (Å²) >= 11 is 0. The fourth-order valence-electron chi connectivity index (χ4n) is 2.24. The zero-order chi connectivity index (χ0) is 14.2. The molecule has 110 valence electrons. The summed E-state index contributed by atoms with van der Waals surface area (Å²) in [6.45, 7) is 15.9. The van der Waals surface area contributed by atoms with E-state index in [4.69, 9.17) is 0 Å². The molecule has 0 aliphatic heterocycles. The normalized spacial score (nSPS) is 14.5. The lowest BCUT2D eigenvalue weighted by Gasteiger charge is -2.30. The quantitative estimate of drug-likeness (QED) is 0.640. The molecule has 1 unspecified atom stereocenters. The second-order valence-corrected chi connectivity index (χ2v) is 6.62. The number of nitrogens with zero attached hydrogens (tertiary/aromatic N) is 2. The van der Waals surface area contributed by atoms with Gasteiger partial charge in [-0.15, -0.1) is 0 Å². The summed E-state index contributed by atoms with van der Waals surface area (Å²) in [5, 5.41) is 3.55. The lowest BCUT2D eigenvalue weighted by Crippen LogP contribution is -2.41. The van der Waals surface area contributed by atoms with E-state index in [0.717, 1.165) is 19.6 Å². The van der Waals surface area contributed by atoms with Crippen LogP contribution in [-0.2, 0) is 0 Å². The van der Waals surface area contributed by atoms with Crippen LogP contribution in [0.15, 0.2) is 0 Å². The van der Waals surface area contributed by atoms with Crippen molar-refractivity contribution in [3.05, 3.63) is 0 Å². The van der Waals surface area contributed by atoms with Gasteiger partial charge in [-0.25, -0.2) is 0 Å². The molecule has 0 fully saturated rings. The molecule has 0 saturated heterocycles. The SMILES string of the molecule is CCN(CCCCNC(C)(C)C)C(C)CN(C)C. The molecule has 1 atom stereocenters. The average molecular weight is 257 g/mol. The Bertz CT molecular complexity index is 196. The fourth-order valence-corrected chi connectivity index (χ4v) is 2.24. The van der Waals surface area contributed by atoms with Gasteiger partial charge in [-0.2, -0.15) is 0 Å². The van der Waals surface area contributed by atoms with Crippen LogP contribution in [0.4, 0.5) is 0 Å². The van der Waals surface area contributed by atoms with E-state index in [1.165, 1.54) is 19.4 Å². The first-order valence-electron chi connectivity index (χ1n) is 7.40. The number of rotatable bonds is 9. The Balaban J connectivity index is 3.74. The summed E-state index contributed by atoms with van der Waals surface area (Å²) in [5.41, 5.74) is 0.253. The van der Waals surface area contributed by atoms with Crippen LogP contribution in [0.2, 0.25) is 0 Å². The molecule has 1 N–H and O–H groups in total. The van der Waals surface area contributed by atoms with Gasteiger partial charge in [-0.3, -0.25) is 4.90 Å². The molecule has 0 aromatic heterocycles. The Morgan fingerprint density at radius 2 is 1.72 bits per heavy atom. The molecule has 3 nitrogen and oxygen atoms in total. The Morgan fingerprint density at radius 1 is 1.11 bits per heavy atom. The van der Waals surface area contributed by atoms with Crippen LogP contribution >= 0.6 is 0 Å². The molecule has 0 heterocycles. The summed E-state index contributed by atoms with van der Waals surface area (Å²) in [7, 11) is 4.30. The third-order valence-electron chi connectivity index (χ3n) is 3.19. The molecule has 0 radical (unpaired) electrons. The Hall–Kier alpha value is -0.120. The summed E-state index contributed by atoms with van der Waals surface area (Å²) in [5.74, 6) is 0. The predicted molar refractivity (Wildman–Crippen MR) is 82.3 cm³/mol. The van der Waals surface area contributed by atoms with E-state index in [9.17, 15) is 0 Å². The highest BCUT2D eigenvalue weighted by molar-refractivity contribution is 4.71. The summed E-state index contributed by atoms with van der Waals surface area (Å²) < 4.78 is 0. The monoisotopic (exact) mass is 257 g/mol. The molecule has 0 bridgehead atoms. The Morgan fingerprint density at radius 3 is 2.17 bits per heavy atom. The van der Waals surface area contributed by atoms with Crippen molar-refractivity contribution in [2.45, 2.75) is 59.0 Å². The van der Waals surface area contributed by atoms with E-state index >= 15 is 0 Å². The highest BCUT2D eigenvalue weighted by Crippen LogP contribution is 2.04. The topological polar surface area (TPSA) is 18.5 Å². The van der Waals surface area contributed by atoms with Crippen LogP contribution < -0.4 is 5.32 Å². The smallest absolute Gasteiger partial charge is 0.0194 e. The number of unbranched alkanes of at least 4 members (excludes halogenated alkanes) is 1. The lowest BCUT2D eigenvalue weighted by molar-refractivity contribution is 0.178. The average Bonchev–Trinajstić information content (AvgIpc) is 2.20. The molecule has 0 aromatic rings. The van der Waals surface area contributed by atoms with E-state index < -0.39 is 0 Å². The number of likely N-dealkylation sites (N-methyl/N-ethyl adjacent to an activating group) is 2. The predicted octanol–water partition coefficient (Wildman–Crippen LogP) is 2.43. The minimum atomic E-state index is 0.253. The molecule has 18 heavy (non-hydrogen) atoms. The van der Waals surface area contributed by atoms with Crippen molar-refractivity contribution in [3.63, 3.8) is 0 Å². The third-order valence-corrected chi connectivity index (χ3v) is 3.19. The molecule has 0 spiro atoms. The summed E-state index contributed by atoms with van der Waals surface area (Å²) in [6, 6.07) is 0.653. The first kappa shape index (κ1) is 17.9. The Labute approximate surface area is 115 Å². The molecule has 0 amide bonds. The molecular formula is C15H35N3. The minimum Gasteiger partial charge on any atom is -0.312 e. The van der Waals surface area contributed by atoms with Crippen molar-refractivity contribution in [3.8, 4) is 0 Å². The van der Waals surface area contributed by atoms with Gasteiger partial charge in [0.05, 0.1) is 0 Å². The van der Waals surface area contributed by atoms with Crippen molar-refractivity contribution in [2.75, 3.05) is 40.3 Å². The van der Waals surface area contributed by atoms with Crippen LogP contribution in [-0.4, -0.2) is 61.7 Å². The molecular weight excluding hydrogens is 222 g/mol. The third kappa shape index (κ3) is 9.86. The van der Waals surface area contributed by atoms with Crippen LogP contribution in [0.5, 0.6) is 0 Å². The van der Waals surface area contributed by atoms with Gasteiger partial charge in [0, 0.05) is 18.1 Å². The standard InChI is InChI=1S/C15H35N3/c1-8-18(14(2)13-17(6)7)12-10-9-11-16-15(3,4)5/h14,16H,8-13H2,1-7H3. The summed E-state index contributed by atoms with van der Waals surface area (Å²) in [6.07, 6.45) is 2.55. The molecule has 0 aliphatic rings. The van der Waals surface area contributed by atoms with Crippen molar-refractivity contribution in [1.82, 2.24) is 15.1 Å². The molecule has 0 rings (SSSR count). The first-order chi connectivity index (χ1) is 8.26. The zero-order valence-corrected chi connectivity index (χ0v) is 13.7. The van der Waals surface area contributed by atoms with Gasteiger partial charge in [0.1, 0.15) is 0 Å². The lowest BCUT2D eigenvalue weighted by atomic mass is 10.1. The Kier molecular flexibility index (Phi) is 8.83.